The topological polar surface area (TPSA) is 72.8 Å². The molecule has 62 valence electrons. The Morgan fingerprint density at radius 1 is 1.45 bits per heavy atom. The average Bonchev–Trinajstić information content (AvgIpc) is 1.97. The van der Waals surface area contributed by atoms with Gasteiger partial charge in [-0.3, -0.25) is 0 Å². The van der Waals surface area contributed by atoms with Crippen LogP contribution in [-0.2, 0) is 14.3 Å². The summed E-state index contributed by atoms with van der Waals surface area (Å²) in [7, 11) is 0. The highest BCUT2D eigenvalue weighted by Crippen LogP contribution is 1.84. The fourth-order valence-electron chi connectivity index (χ4n) is 0.289. The number of carbonyl (C=O) groups excluding carboxylic acids is 1. The lowest BCUT2D eigenvalue weighted by Gasteiger charge is -1.99. The van der Waals surface area contributed by atoms with Gasteiger partial charge in [-0.15, -0.1) is 0 Å². The van der Waals surface area contributed by atoms with Gasteiger partial charge in [0.25, 0.3) is 0 Å². The molecule has 0 aromatic carbocycles. The summed E-state index contributed by atoms with van der Waals surface area (Å²) in [6, 6.07) is 0. The van der Waals surface area contributed by atoms with E-state index < -0.39 is 18.7 Å². The largest absolute Gasteiger partial charge is 0.509 e. The van der Waals surface area contributed by atoms with Crippen molar-refractivity contribution >= 4 is 12.1 Å². The zero-order chi connectivity index (χ0) is 8.69. The second-order valence-electron chi connectivity index (χ2n) is 1.53. The van der Waals surface area contributed by atoms with Crippen LogP contribution < -0.4 is 0 Å². The molecule has 1 N–H and O–H groups in total. The van der Waals surface area contributed by atoms with E-state index in [1.54, 1.807) is 0 Å². The number of hydrogen-bond donors (Lipinski definition) is 1. The Morgan fingerprint density at radius 3 is 2.55 bits per heavy atom. The maximum atomic E-state index is 10.4. The standard InChI is InChI=1S/C6H8O5/c1-2-3-10-6(9)11-4-5(7)8/h2H,1,3-4H2,(H,7,8). The van der Waals surface area contributed by atoms with E-state index in [0.717, 1.165) is 0 Å². The molecule has 0 saturated carbocycles. The highest BCUT2D eigenvalue weighted by molar-refractivity contribution is 5.71. The van der Waals surface area contributed by atoms with Gasteiger partial charge in [-0.1, -0.05) is 12.7 Å². The maximum Gasteiger partial charge on any atom is 0.509 e. The van der Waals surface area contributed by atoms with Crippen LogP contribution >= 0.6 is 0 Å². The van der Waals surface area contributed by atoms with Crippen LogP contribution in [0.15, 0.2) is 12.7 Å². The van der Waals surface area contributed by atoms with Crippen molar-refractivity contribution in [2.24, 2.45) is 0 Å². The van der Waals surface area contributed by atoms with Gasteiger partial charge in [0.05, 0.1) is 0 Å². The van der Waals surface area contributed by atoms with Gasteiger partial charge in [0.2, 0.25) is 0 Å². The first-order chi connectivity index (χ1) is 5.16. The number of carbonyl (C=O) groups is 2. The van der Waals surface area contributed by atoms with Crippen molar-refractivity contribution in [3.05, 3.63) is 12.7 Å². The third-order valence-electron chi connectivity index (χ3n) is 0.633. The molecule has 0 aliphatic carbocycles. The van der Waals surface area contributed by atoms with Crippen LogP contribution in [0.5, 0.6) is 0 Å². The minimum atomic E-state index is -1.22. The van der Waals surface area contributed by atoms with Crippen molar-refractivity contribution in [1.82, 2.24) is 0 Å². The molecule has 0 aromatic rings. The van der Waals surface area contributed by atoms with Crippen LogP contribution in [0.25, 0.3) is 0 Å². The first kappa shape index (κ1) is 9.48. The predicted molar refractivity (Wildman–Crippen MR) is 35.1 cm³/mol. The number of carboxylic acids is 1. The number of ether oxygens (including phenoxy) is 2. The van der Waals surface area contributed by atoms with E-state index in [9.17, 15) is 9.59 Å². The summed E-state index contributed by atoms with van der Waals surface area (Å²) >= 11 is 0. The molecule has 11 heavy (non-hydrogen) atoms. The maximum absolute atomic E-state index is 10.4. The van der Waals surface area contributed by atoms with Crippen LogP contribution in [0.1, 0.15) is 0 Å². The van der Waals surface area contributed by atoms with E-state index in [1.165, 1.54) is 6.08 Å². The summed E-state index contributed by atoms with van der Waals surface area (Å²) < 4.78 is 8.40. The molecule has 0 spiro atoms. The molecule has 0 radical (unpaired) electrons. The molecule has 0 fully saturated rings. The van der Waals surface area contributed by atoms with Crippen LogP contribution in [0.2, 0.25) is 0 Å². The van der Waals surface area contributed by atoms with Crippen LogP contribution in [0.3, 0.4) is 0 Å². The van der Waals surface area contributed by atoms with Crippen molar-refractivity contribution in [3.63, 3.8) is 0 Å². The molecule has 0 unspecified atom stereocenters. The lowest BCUT2D eigenvalue weighted by Crippen LogP contribution is -2.14. The minimum Gasteiger partial charge on any atom is -0.479 e. The van der Waals surface area contributed by atoms with Crippen molar-refractivity contribution in [2.75, 3.05) is 13.2 Å². The molecule has 5 nitrogen and oxygen atoms in total. The third-order valence-corrected chi connectivity index (χ3v) is 0.633. The zero-order valence-electron chi connectivity index (χ0n) is 5.78. The molecule has 0 atom stereocenters. The van der Waals surface area contributed by atoms with Gasteiger partial charge in [-0.25, -0.2) is 9.59 Å². The molecule has 5 heteroatoms. The fraction of sp³-hybridized carbons (Fsp3) is 0.333. The number of carboxylic acid groups (broad SMARTS) is 1. The fourth-order valence-corrected chi connectivity index (χ4v) is 0.289. The molecule has 0 bridgehead atoms. The van der Waals surface area contributed by atoms with Gasteiger partial charge >= 0.3 is 12.1 Å². The second kappa shape index (κ2) is 5.28. The number of aliphatic carboxylic acids is 1. The van der Waals surface area contributed by atoms with Crippen LogP contribution in [0, 0.1) is 0 Å². The Balaban J connectivity index is 3.37. The number of rotatable bonds is 4. The molecule has 0 aromatic heterocycles. The molecule has 0 amide bonds. The lowest BCUT2D eigenvalue weighted by atomic mass is 10.7. The Bertz CT molecular complexity index is 162. The Kier molecular flexibility index (Phi) is 4.55. The SMILES string of the molecule is C=CCOC(=O)OCC(=O)O. The second-order valence-corrected chi connectivity index (χ2v) is 1.53. The third kappa shape index (κ3) is 6.36. The van der Waals surface area contributed by atoms with E-state index in [2.05, 4.69) is 16.1 Å². The lowest BCUT2D eigenvalue weighted by molar-refractivity contribution is -0.141. The van der Waals surface area contributed by atoms with E-state index >= 15 is 0 Å². The molecule has 0 rings (SSSR count). The monoisotopic (exact) mass is 160 g/mol. The van der Waals surface area contributed by atoms with Crippen molar-refractivity contribution < 1.29 is 24.2 Å². The van der Waals surface area contributed by atoms with E-state index in [-0.39, 0.29) is 6.61 Å². The first-order valence-corrected chi connectivity index (χ1v) is 2.79. The minimum absolute atomic E-state index is 0.0124. The summed E-state index contributed by atoms with van der Waals surface area (Å²) in [5.41, 5.74) is 0. The Labute approximate surface area is 63.2 Å². The molecule has 0 heterocycles. The van der Waals surface area contributed by atoms with Crippen molar-refractivity contribution in [2.45, 2.75) is 0 Å². The van der Waals surface area contributed by atoms with Crippen LogP contribution in [0.4, 0.5) is 4.79 Å². The van der Waals surface area contributed by atoms with Gasteiger partial charge in [0.15, 0.2) is 6.61 Å². The van der Waals surface area contributed by atoms with Crippen LogP contribution in [-0.4, -0.2) is 30.4 Å². The van der Waals surface area contributed by atoms with Crippen molar-refractivity contribution in [3.8, 4) is 0 Å². The molecular weight excluding hydrogens is 152 g/mol. The average molecular weight is 160 g/mol. The van der Waals surface area contributed by atoms with Gasteiger partial charge in [0.1, 0.15) is 6.61 Å². The normalized spacial score (nSPS) is 8.36. The molecule has 0 saturated heterocycles. The van der Waals surface area contributed by atoms with Gasteiger partial charge in [-0.05, 0) is 0 Å². The first-order valence-electron chi connectivity index (χ1n) is 2.79. The van der Waals surface area contributed by atoms with E-state index in [4.69, 9.17) is 5.11 Å². The summed E-state index contributed by atoms with van der Waals surface area (Å²) in [6.45, 7) is 2.61. The predicted octanol–water partition coefficient (Wildman–Crippen LogP) is 0.410. The van der Waals surface area contributed by atoms with Gasteiger partial charge in [0, 0.05) is 0 Å². The molecule has 0 aliphatic rings. The van der Waals surface area contributed by atoms with E-state index in [0.29, 0.717) is 0 Å². The van der Waals surface area contributed by atoms with Gasteiger partial charge < -0.3 is 14.6 Å². The number of hydrogen-bond acceptors (Lipinski definition) is 4. The zero-order valence-corrected chi connectivity index (χ0v) is 5.78. The Morgan fingerprint density at radius 2 is 2.09 bits per heavy atom. The Hall–Kier alpha value is -1.52. The highest BCUT2D eigenvalue weighted by atomic mass is 16.7. The quantitative estimate of drug-likeness (QED) is 0.476. The summed E-state index contributed by atoms with van der Waals surface area (Å²) in [6.07, 6.45) is 0.342. The smallest absolute Gasteiger partial charge is 0.479 e. The van der Waals surface area contributed by atoms with E-state index in [1.807, 2.05) is 0 Å². The highest BCUT2D eigenvalue weighted by Gasteiger charge is 2.04. The van der Waals surface area contributed by atoms with Gasteiger partial charge in [-0.2, -0.15) is 0 Å². The summed E-state index contributed by atoms with van der Waals surface area (Å²) in [4.78, 5) is 20.2. The summed E-state index contributed by atoms with van der Waals surface area (Å²) in [5, 5.41) is 8.03. The summed E-state index contributed by atoms with van der Waals surface area (Å²) in [5.74, 6) is -1.22. The molecular formula is C6H8O5. The molecule has 0 aliphatic heterocycles. The van der Waals surface area contributed by atoms with Crippen molar-refractivity contribution in [1.29, 1.82) is 0 Å².